The largest absolute Gasteiger partial charge is 0.456 e. The van der Waals surface area contributed by atoms with Gasteiger partial charge in [-0.3, -0.25) is 0 Å². The average molecular weight is 869 g/mol. The molecule has 0 N–H and O–H groups in total. The van der Waals surface area contributed by atoms with Gasteiger partial charge in [0.05, 0.1) is 16.7 Å². The van der Waals surface area contributed by atoms with Crippen LogP contribution in [0.4, 0.5) is 17.1 Å². The number of fused-ring (bicyclic) bond motifs is 10. The van der Waals surface area contributed by atoms with E-state index in [-0.39, 0.29) is 0 Å². The zero-order chi connectivity index (χ0) is 44.7. The number of rotatable bonds is 7. The molecule has 0 aliphatic carbocycles. The summed E-state index contributed by atoms with van der Waals surface area (Å²) >= 11 is 0. The van der Waals surface area contributed by atoms with Crippen LogP contribution in [-0.2, 0) is 0 Å². The summed E-state index contributed by atoms with van der Waals surface area (Å²) in [6.45, 7) is 0. The molecule has 318 valence electrons. The highest BCUT2D eigenvalue weighted by Gasteiger charge is 2.24. The lowest BCUT2D eigenvalue weighted by molar-refractivity contribution is 0.669. The number of para-hydroxylation sites is 4. The van der Waals surface area contributed by atoms with E-state index >= 15 is 0 Å². The third-order valence-electron chi connectivity index (χ3n) is 13.8. The Balaban J connectivity index is 0.987. The molecule has 0 bridgehead atoms. The number of benzene rings is 11. The second-order valence-corrected chi connectivity index (χ2v) is 17.6. The van der Waals surface area contributed by atoms with Crippen LogP contribution < -0.4 is 4.90 Å². The van der Waals surface area contributed by atoms with Gasteiger partial charge in [0.2, 0.25) is 0 Å². The fourth-order valence-corrected chi connectivity index (χ4v) is 10.6. The first-order valence-electron chi connectivity index (χ1n) is 23.2. The number of furan rings is 2. The summed E-state index contributed by atoms with van der Waals surface area (Å²) in [5.41, 5.74) is 16.6. The Hall–Kier alpha value is -9.12. The van der Waals surface area contributed by atoms with E-state index in [0.29, 0.717) is 0 Å². The van der Waals surface area contributed by atoms with E-state index in [1.165, 1.54) is 38.1 Å². The molecule has 0 saturated heterocycles. The highest BCUT2D eigenvalue weighted by molar-refractivity contribution is 6.15. The summed E-state index contributed by atoms with van der Waals surface area (Å²) in [6.07, 6.45) is 0. The van der Waals surface area contributed by atoms with E-state index < -0.39 is 0 Å². The topological polar surface area (TPSA) is 34.5 Å². The second-order valence-electron chi connectivity index (χ2n) is 17.6. The summed E-state index contributed by atoms with van der Waals surface area (Å²) in [7, 11) is 0. The first-order chi connectivity index (χ1) is 33.7. The molecule has 0 fully saturated rings. The Morgan fingerprint density at radius 3 is 1.68 bits per heavy atom. The van der Waals surface area contributed by atoms with Gasteiger partial charge < -0.3 is 18.3 Å². The molecule has 0 amide bonds. The molecule has 0 unspecified atom stereocenters. The zero-order valence-corrected chi connectivity index (χ0v) is 36.8. The van der Waals surface area contributed by atoms with Crippen LogP contribution in [0.25, 0.3) is 116 Å². The standard InChI is InChI=1S/C64H40N2O2/c1-2-14-44-39-45(28-27-41(44)13-1)42-29-33-47(34-30-42)65(48-35-31-43(32-36-48)50-21-12-26-61-63(50)55-20-6-10-25-60(55)67-61)58-38-37-54-53-19-5-9-24-59(53)68-64(54)62(58)46-15-11-16-49(40-46)66-56-22-7-3-17-51(56)52-18-4-8-23-57(52)66/h1-40H. The van der Waals surface area contributed by atoms with Crippen LogP contribution in [0.1, 0.15) is 0 Å². The number of nitrogens with zero attached hydrogens (tertiary/aromatic N) is 2. The summed E-state index contributed by atoms with van der Waals surface area (Å²) in [5.74, 6) is 0. The van der Waals surface area contributed by atoms with Crippen molar-refractivity contribution in [1.82, 2.24) is 4.57 Å². The highest BCUT2D eigenvalue weighted by atomic mass is 16.3. The quantitative estimate of drug-likeness (QED) is 0.160. The Kier molecular flexibility index (Phi) is 8.55. The monoisotopic (exact) mass is 868 g/mol. The average Bonchev–Trinajstić information content (AvgIpc) is 4.09. The predicted octanol–water partition coefficient (Wildman–Crippen LogP) is 18.2. The van der Waals surface area contributed by atoms with Crippen molar-refractivity contribution >= 4 is 93.5 Å². The van der Waals surface area contributed by atoms with E-state index in [9.17, 15) is 0 Å². The van der Waals surface area contributed by atoms with Crippen LogP contribution in [0.5, 0.6) is 0 Å². The van der Waals surface area contributed by atoms with Crippen molar-refractivity contribution < 1.29 is 8.83 Å². The summed E-state index contributed by atoms with van der Waals surface area (Å²) in [4.78, 5) is 2.39. The van der Waals surface area contributed by atoms with Crippen molar-refractivity contribution in [3.05, 3.63) is 243 Å². The van der Waals surface area contributed by atoms with Gasteiger partial charge in [-0.2, -0.15) is 0 Å². The zero-order valence-electron chi connectivity index (χ0n) is 36.8. The maximum atomic E-state index is 6.99. The second kappa shape index (κ2) is 15.2. The summed E-state index contributed by atoms with van der Waals surface area (Å²) < 4.78 is 15.7. The predicted molar refractivity (Wildman–Crippen MR) is 284 cm³/mol. The van der Waals surface area contributed by atoms with Gasteiger partial charge >= 0.3 is 0 Å². The van der Waals surface area contributed by atoms with Crippen LogP contribution >= 0.6 is 0 Å². The molecule has 3 aromatic heterocycles. The smallest absolute Gasteiger partial charge is 0.145 e. The van der Waals surface area contributed by atoms with Gasteiger partial charge in [-0.25, -0.2) is 0 Å². The molecule has 4 nitrogen and oxygen atoms in total. The lowest BCUT2D eigenvalue weighted by Gasteiger charge is -2.28. The molecule has 11 aromatic carbocycles. The molecule has 0 radical (unpaired) electrons. The van der Waals surface area contributed by atoms with Gasteiger partial charge in [0, 0.05) is 54.9 Å². The van der Waals surface area contributed by atoms with Crippen molar-refractivity contribution in [3.8, 4) is 39.1 Å². The lowest BCUT2D eigenvalue weighted by atomic mass is 9.96. The molecule has 0 atom stereocenters. The molecular weight excluding hydrogens is 829 g/mol. The Labute approximate surface area is 391 Å². The van der Waals surface area contributed by atoms with Crippen molar-refractivity contribution in [2.24, 2.45) is 0 Å². The fraction of sp³-hybridized carbons (Fsp3) is 0. The van der Waals surface area contributed by atoms with Gasteiger partial charge in [-0.1, -0.05) is 158 Å². The van der Waals surface area contributed by atoms with Crippen molar-refractivity contribution in [1.29, 1.82) is 0 Å². The van der Waals surface area contributed by atoms with Crippen molar-refractivity contribution in [2.45, 2.75) is 0 Å². The molecule has 0 spiro atoms. The molecule has 0 saturated carbocycles. The Bertz CT molecular complexity index is 4210. The molecule has 0 aliphatic heterocycles. The molecule has 68 heavy (non-hydrogen) atoms. The van der Waals surface area contributed by atoms with Crippen molar-refractivity contribution in [2.75, 3.05) is 4.90 Å². The molecule has 4 heteroatoms. The molecule has 14 rings (SSSR count). The van der Waals surface area contributed by atoms with Crippen LogP contribution in [-0.4, -0.2) is 4.57 Å². The minimum atomic E-state index is 0.844. The maximum absolute atomic E-state index is 6.99. The van der Waals surface area contributed by atoms with E-state index in [1.54, 1.807) is 0 Å². The minimum Gasteiger partial charge on any atom is -0.456 e. The summed E-state index contributed by atoms with van der Waals surface area (Å²) in [6, 6.07) is 87.0. The van der Waals surface area contributed by atoms with Gasteiger partial charge in [-0.05, 0) is 124 Å². The van der Waals surface area contributed by atoms with Crippen LogP contribution in [0, 0.1) is 0 Å². The van der Waals surface area contributed by atoms with Gasteiger partial charge in [0.15, 0.2) is 0 Å². The molecule has 3 heterocycles. The van der Waals surface area contributed by atoms with E-state index in [2.05, 4.69) is 234 Å². The minimum absolute atomic E-state index is 0.844. The van der Waals surface area contributed by atoms with Crippen molar-refractivity contribution in [3.63, 3.8) is 0 Å². The number of hydrogen-bond donors (Lipinski definition) is 0. The first kappa shape index (κ1) is 38.2. The Morgan fingerprint density at radius 1 is 0.338 bits per heavy atom. The summed E-state index contributed by atoms with van der Waals surface area (Å²) in [5, 5.41) is 9.31. The van der Waals surface area contributed by atoms with E-state index in [1.807, 2.05) is 18.2 Å². The van der Waals surface area contributed by atoms with Gasteiger partial charge in [0.25, 0.3) is 0 Å². The van der Waals surface area contributed by atoms with Crippen LogP contribution in [0.2, 0.25) is 0 Å². The van der Waals surface area contributed by atoms with E-state index in [0.717, 1.165) is 94.4 Å². The number of anilines is 3. The SMILES string of the molecule is c1cc(-c2c(N(c3ccc(-c4ccc5ccccc5c4)cc3)c3ccc(-c4cccc5oc6ccccc6c45)cc3)ccc3c2oc2ccccc23)cc(-n2c3ccccc3c3ccccc32)c1. The first-order valence-corrected chi connectivity index (χ1v) is 23.2. The maximum Gasteiger partial charge on any atom is 0.145 e. The Morgan fingerprint density at radius 2 is 0.926 bits per heavy atom. The lowest BCUT2D eigenvalue weighted by Crippen LogP contribution is -2.11. The van der Waals surface area contributed by atoms with Gasteiger partial charge in [0.1, 0.15) is 22.3 Å². The van der Waals surface area contributed by atoms with Gasteiger partial charge in [-0.15, -0.1) is 0 Å². The van der Waals surface area contributed by atoms with Crippen LogP contribution in [0.3, 0.4) is 0 Å². The molecule has 0 aliphatic rings. The van der Waals surface area contributed by atoms with Crippen LogP contribution in [0.15, 0.2) is 251 Å². The third kappa shape index (κ3) is 6.01. The molecule has 14 aromatic rings. The normalized spacial score (nSPS) is 11.8. The fourth-order valence-electron chi connectivity index (χ4n) is 10.6. The highest BCUT2D eigenvalue weighted by Crippen LogP contribution is 2.48. The van der Waals surface area contributed by atoms with E-state index in [4.69, 9.17) is 8.83 Å². The number of hydrogen-bond acceptors (Lipinski definition) is 3. The number of aromatic nitrogens is 1. The third-order valence-corrected chi connectivity index (χ3v) is 13.8. The molecular formula is C64H40N2O2.